The van der Waals surface area contributed by atoms with Gasteiger partial charge in [-0.3, -0.25) is 0 Å². The van der Waals surface area contributed by atoms with Crippen LogP contribution in [-0.4, -0.2) is 0 Å². The van der Waals surface area contributed by atoms with E-state index in [9.17, 15) is 4.39 Å². The number of halogens is 3. The van der Waals surface area contributed by atoms with Crippen molar-refractivity contribution in [1.29, 1.82) is 0 Å². The Kier molecular flexibility index (Phi) is 4.97. The number of hydrogen-bond donors (Lipinski definition) is 1. The quantitative estimate of drug-likeness (QED) is 0.816. The molecule has 0 fully saturated rings. The Morgan fingerprint density at radius 3 is 2.58 bits per heavy atom. The van der Waals surface area contributed by atoms with Crippen molar-refractivity contribution in [1.82, 2.24) is 5.32 Å². The van der Waals surface area contributed by atoms with Gasteiger partial charge in [-0.15, -0.1) is 0 Å². The van der Waals surface area contributed by atoms with Crippen molar-refractivity contribution < 1.29 is 4.39 Å². The van der Waals surface area contributed by atoms with E-state index >= 15 is 0 Å². The van der Waals surface area contributed by atoms with Crippen LogP contribution in [0.3, 0.4) is 0 Å². The molecule has 1 N–H and O–H groups in total. The number of hydrogen-bond acceptors (Lipinski definition) is 1. The van der Waals surface area contributed by atoms with E-state index in [-0.39, 0.29) is 11.9 Å². The van der Waals surface area contributed by atoms with E-state index in [1.807, 2.05) is 25.1 Å². The highest BCUT2D eigenvalue weighted by Gasteiger charge is 2.07. The molecule has 0 saturated heterocycles. The Hall–Kier alpha value is -0.900. The zero-order chi connectivity index (χ0) is 13.8. The largest absolute Gasteiger partial charge is 0.306 e. The van der Waals surface area contributed by atoms with Gasteiger partial charge in [0.1, 0.15) is 5.82 Å². The average Bonchev–Trinajstić information content (AvgIpc) is 2.40. The second-order valence-electron chi connectivity index (χ2n) is 4.39. The van der Waals surface area contributed by atoms with Gasteiger partial charge in [0.2, 0.25) is 0 Å². The van der Waals surface area contributed by atoms with Crippen molar-refractivity contribution in [2.75, 3.05) is 0 Å². The van der Waals surface area contributed by atoms with Gasteiger partial charge in [-0.25, -0.2) is 4.39 Å². The van der Waals surface area contributed by atoms with Crippen LogP contribution in [0.15, 0.2) is 46.9 Å². The van der Waals surface area contributed by atoms with Gasteiger partial charge in [0.25, 0.3) is 0 Å². The number of rotatable bonds is 4. The molecule has 0 saturated carbocycles. The summed E-state index contributed by atoms with van der Waals surface area (Å²) in [6.45, 7) is 2.74. The molecule has 0 radical (unpaired) electrons. The molecule has 2 rings (SSSR count). The highest BCUT2D eigenvalue weighted by atomic mass is 79.9. The first kappa shape index (κ1) is 14.5. The van der Waals surface area contributed by atoms with Crippen LogP contribution >= 0.6 is 27.5 Å². The van der Waals surface area contributed by atoms with Crippen LogP contribution in [0.2, 0.25) is 5.02 Å². The Morgan fingerprint density at radius 2 is 1.89 bits per heavy atom. The van der Waals surface area contributed by atoms with E-state index < -0.39 is 0 Å². The monoisotopic (exact) mass is 341 g/mol. The molecule has 0 amide bonds. The lowest BCUT2D eigenvalue weighted by molar-refractivity contribution is 0.570. The van der Waals surface area contributed by atoms with Crippen molar-refractivity contribution in [2.24, 2.45) is 0 Å². The lowest BCUT2D eigenvalue weighted by atomic mass is 10.1. The molecule has 4 heteroatoms. The highest BCUT2D eigenvalue weighted by Crippen LogP contribution is 2.22. The summed E-state index contributed by atoms with van der Waals surface area (Å²) < 4.78 is 13.9. The molecule has 100 valence electrons. The minimum Gasteiger partial charge on any atom is -0.306 e. The van der Waals surface area contributed by atoms with E-state index in [0.717, 1.165) is 20.6 Å². The summed E-state index contributed by atoms with van der Waals surface area (Å²) in [4.78, 5) is 0. The third-order valence-corrected chi connectivity index (χ3v) is 3.99. The van der Waals surface area contributed by atoms with Crippen LogP contribution in [0.4, 0.5) is 4.39 Å². The smallest absolute Gasteiger partial charge is 0.123 e. The van der Waals surface area contributed by atoms with Crippen LogP contribution < -0.4 is 5.32 Å². The zero-order valence-corrected chi connectivity index (χ0v) is 12.8. The molecule has 0 aromatic heterocycles. The maximum absolute atomic E-state index is 12.9. The van der Waals surface area contributed by atoms with Gasteiger partial charge >= 0.3 is 0 Å². The normalized spacial score (nSPS) is 12.4. The Morgan fingerprint density at radius 1 is 1.21 bits per heavy atom. The third-order valence-electron chi connectivity index (χ3n) is 2.98. The van der Waals surface area contributed by atoms with E-state index in [0.29, 0.717) is 6.54 Å². The fourth-order valence-corrected chi connectivity index (χ4v) is 2.39. The van der Waals surface area contributed by atoms with Crippen LogP contribution in [0, 0.1) is 5.82 Å². The van der Waals surface area contributed by atoms with Gasteiger partial charge in [0.15, 0.2) is 0 Å². The summed E-state index contributed by atoms with van der Waals surface area (Å²) in [6.07, 6.45) is 0. The summed E-state index contributed by atoms with van der Waals surface area (Å²) in [5.74, 6) is -0.214. The van der Waals surface area contributed by atoms with E-state index in [1.165, 1.54) is 12.1 Å². The molecular weight excluding hydrogens is 329 g/mol. The van der Waals surface area contributed by atoms with Gasteiger partial charge in [0.05, 0.1) is 0 Å². The molecule has 2 aromatic rings. The van der Waals surface area contributed by atoms with Crippen LogP contribution in [0.1, 0.15) is 24.1 Å². The summed E-state index contributed by atoms with van der Waals surface area (Å²) in [6, 6.07) is 12.4. The summed E-state index contributed by atoms with van der Waals surface area (Å²) in [5, 5.41) is 4.11. The Labute approximate surface area is 125 Å². The van der Waals surface area contributed by atoms with E-state index in [4.69, 9.17) is 11.6 Å². The minimum atomic E-state index is -0.214. The molecule has 0 heterocycles. The van der Waals surface area contributed by atoms with E-state index in [2.05, 4.69) is 21.2 Å². The van der Waals surface area contributed by atoms with E-state index in [1.54, 1.807) is 12.1 Å². The predicted molar refractivity (Wildman–Crippen MR) is 80.8 cm³/mol. The van der Waals surface area contributed by atoms with Gasteiger partial charge in [0, 0.05) is 22.1 Å². The van der Waals surface area contributed by atoms with Gasteiger partial charge in [-0.2, -0.15) is 0 Å². The lowest BCUT2D eigenvalue weighted by Crippen LogP contribution is -2.18. The minimum absolute atomic E-state index is 0.145. The summed E-state index contributed by atoms with van der Waals surface area (Å²) >= 11 is 9.47. The molecule has 1 nitrogen and oxygen atoms in total. The second kappa shape index (κ2) is 6.51. The molecule has 0 aliphatic carbocycles. The molecule has 0 aliphatic heterocycles. The Bertz CT molecular complexity index is 557. The van der Waals surface area contributed by atoms with Gasteiger partial charge in [-0.1, -0.05) is 39.7 Å². The molecular formula is C15H14BrClFN. The number of nitrogens with one attached hydrogen (secondary N) is 1. The maximum atomic E-state index is 12.9. The van der Waals surface area contributed by atoms with Crippen molar-refractivity contribution in [3.63, 3.8) is 0 Å². The molecule has 19 heavy (non-hydrogen) atoms. The van der Waals surface area contributed by atoms with Crippen LogP contribution in [-0.2, 0) is 6.54 Å². The Balaban J connectivity index is 2.02. The summed E-state index contributed by atoms with van der Waals surface area (Å²) in [5.41, 5.74) is 2.15. The highest BCUT2D eigenvalue weighted by molar-refractivity contribution is 9.10. The SMILES string of the molecule is C[C@@H](NCc1cc(Cl)ccc1Br)c1ccc(F)cc1. The molecule has 0 spiro atoms. The van der Waals surface area contributed by atoms with Crippen LogP contribution in [0.5, 0.6) is 0 Å². The van der Waals surface area contributed by atoms with Crippen molar-refractivity contribution in [3.05, 3.63) is 68.9 Å². The fraction of sp³-hybridized carbons (Fsp3) is 0.200. The lowest BCUT2D eigenvalue weighted by Gasteiger charge is -2.15. The molecule has 2 aromatic carbocycles. The molecule has 0 bridgehead atoms. The second-order valence-corrected chi connectivity index (χ2v) is 5.68. The first-order valence-electron chi connectivity index (χ1n) is 5.99. The van der Waals surface area contributed by atoms with Crippen molar-refractivity contribution in [2.45, 2.75) is 19.5 Å². The number of benzene rings is 2. The molecule has 0 unspecified atom stereocenters. The average molecular weight is 343 g/mol. The third kappa shape index (κ3) is 4.03. The zero-order valence-electron chi connectivity index (χ0n) is 10.5. The first-order chi connectivity index (χ1) is 9.06. The standard InChI is InChI=1S/C15H14BrClFN/c1-10(11-2-5-14(18)6-3-11)19-9-12-8-13(17)4-7-15(12)16/h2-8,10,19H,9H2,1H3/t10-/m1/s1. The predicted octanol–water partition coefficient (Wildman–Crippen LogP) is 5.09. The van der Waals surface area contributed by atoms with Crippen molar-refractivity contribution >= 4 is 27.5 Å². The van der Waals surface area contributed by atoms with Gasteiger partial charge < -0.3 is 5.32 Å². The van der Waals surface area contributed by atoms with Crippen LogP contribution in [0.25, 0.3) is 0 Å². The molecule has 0 aliphatic rings. The fourth-order valence-electron chi connectivity index (χ4n) is 1.81. The molecule has 1 atom stereocenters. The van der Waals surface area contributed by atoms with Gasteiger partial charge in [-0.05, 0) is 48.4 Å². The first-order valence-corrected chi connectivity index (χ1v) is 7.16. The van der Waals surface area contributed by atoms with Crippen molar-refractivity contribution in [3.8, 4) is 0 Å². The summed E-state index contributed by atoms with van der Waals surface area (Å²) in [7, 11) is 0. The maximum Gasteiger partial charge on any atom is 0.123 e. The topological polar surface area (TPSA) is 12.0 Å².